The number of hydrogen-bond donors (Lipinski definition) is 2. The van der Waals surface area contributed by atoms with Crippen LogP contribution in [0.2, 0.25) is 0 Å². The van der Waals surface area contributed by atoms with Crippen LogP contribution in [-0.4, -0.2) is 67.6 Å². The lowest BCUT2D eigenvalue weighted by Crippen LogP contribution is -2.50. The first-order valence-electron chi connectivity index (χ1n) is 8.04. The first kappa shape index (κ1) is 17.5. The van der Waals surface area contributed by atoms with Gasteiger partial charge >= 0.3 is 6.18 Å². The lowest BCUT2D eigenvalue weighted by molar-refractivity contribution is -0.137. The normalized spacial score (nSPS) is 29.2. The third-order valence-electron chi connectivity index (χ3n) is 4.67. The summed E-state index contributed by atoms with van der Waals surface area (Å²) in [4.78, 5) is 4.10. The van der Waals surface area contributed by atoms with Gasteiger partial charge in [0.25, 0.3) is 0 Å². The van der Waals surface area contributed by atoms with Gasteiger partial charge in [0, 0.05) is 38.4 Å². The van der Waals surface area contributed by atoms with Crippen molar-refractivity contribution in [3.63, 3.8) is 0 Å². The van der Waals surface area contributed by atoms with E-state index in [2.05, 4.69) is 4.90 Å². The van der Waals surface area contributed by atoms with Crippen molar-refractivity contribution >= 4 is 5.69 Å². The maximum atomic E-state index is 12.8. The molecule has 1 aromatic rings. The molecule has 2 saturated heterocycles. The average molecular weight is 345 g/mol. The highest BCUT2D eigenvalue weighted by Crippen LogP contribution is 2.31. The Hall–Kier alpha value is -1.35. The van der Waals surface area contributed by atoms with Crippen LogP contribution >= 0.6 is 0 Å². The summed E-state index contributed by atoms with van der Waals surface area (Å²) in [6.45, 7) is 3.63. The highest BCUT2D eigenvalue weighted by molar-refractivity contribution is 5.49. The van der Waals surface area contributed by atoms with Gasteiger partial charge in [0.2, 0.25) is 0 Å². The summed E-state index contributed by atoms with van der Waals surface area (Å²) in [6.07, 6.45) is -5.28. The fourth-order valence-electron chi connectivity index (χ4n) is 3.19. The number of rotatable bonds is 3. The van der Waals surface area contributed by atoms with Gasteiger partial charge in [0.15, 0.2) is 0 Å². The molecule has 3 atom stereocenters. The molecule has 0 aromatic heterocycles. The van der Waals surface area contributed by atoms with Crippen LogP contribution in [0.25, 0.3) is 0 Å². The molecule has 8 heteroatoms. The summed E-state index contributed by atoms with van der Waals surface area (Å²) in [5.41, 5.74) is 5.69. The van der Waals surface area contributed by atoms with E-state index in [9.17, 15) is 18.3 Å². The first-order valence-corrected chi connectivity index (χ1v) is 8.04. The average Bonchev–Trinajstić information content (AvgIpc) is 2.87. The molecule has 2 aliphatic heterocycles. The molecule has 2 fully saturated rings. The SMILES string of the molecule is NC1COC(CN2CCN(c3cccc(C(F)(F)F)c3)CC2)C1O. The zero-order valence-corrected chi connectivity index (χ0v) is 13.2. The predicted octanol–water partition coefficient (Wildman–Crippen LogP) is 0.914. The number of halogens is 3. The minimum Gasteiger partial charge on any atom is -0.389 e. The largest absolute Gasteiger partial charge is 0.416 e. The zero-order chi connectivity index (χ0) is 17.3. The summed E-state index contributed by atoms with van der Waals surface area (Å²) in [6, 6.07) is 5.07. The number of benzene rings is 1. The van der Waals surface area contributed by atoms with Crippen molar-refractivity contribution in [1.29, 1.82) is 0 Å². The van der Waals surface area contributed by atoms with Gasteiger partial charge in [-0.25, -0.2) is 0 Å². The van der Waals surface area contributed by atoms with E-state index in [1.54, 1.807) is 6.07 Å². The maximum absolute atomic E-state index is 12.8. The lowest BCUT2D eigenvalue weighted by atomic mass is 10.1. The molecule has 2 heterocycles. The number of aliphatic hydroxyl groups is 1. The van der Waals surface area contributed by atoms with Crippen molar-refractivity contribution in [3.8, 4) is 0 Å². The van der Waals surface area contributed by atoms with Gasteiger partial charge in [0.1, 0.15) is 0 Å². The third kappa shape index (κ3) is 3.83. The van der Waals surface area contributed by atoms with Gasteiger partial charge in [-0.05, 0) is 18.2 Å². The fourth-order valence-corrected chi connectivity index (χ4v) is 3.19. The number of aliphatic hydroxyl groups excluding tert-OH is 1. The molecule has 5 nitrogen and oxygen atoms in total. The summed E-state index contributed by atoms with van der Waals surface area (Å²) < 4.78 is 43.9. The summed E-state index contributed by atoms with van der Waals surface area (Å²) >= 11 is 0. The van der Waals surface area contributed by atoms with Crippen LogP contribution in [0.3, 0.4) is 0 Å². The monoisotopic (exact) mass is 345 g/mol. The quantitative estimate of drug-likeness (QED) is 0.853. The predicted molar refractivity (Wildman–Crippen MR) is 83.8 cm³/mol. The molecule has 0 aliphatic carbocycles. The Morgan fingerprint density at radius 3 is 2.50 bits per heavy atom. The number of ether oxygens (including phenoxy) is 1. The standard InChI is InChI=1S/C16H22F3N3O2/c17-16(18,19)11-2-1-3-12(8-11)22-6-4-21(5-7-22)9-14-15(23)13(20)10-24-14/h1-3,8,13-15,23H,4-7,9-10,20H2. The topological polar surface area (TPSA) is 62.0 Å². The zero-order valence-electron chi connectivity index (χ0n) is 13.2. The Bertz CT molecular complexity index is 562. The molecule has 3 N–H and O–H groups in total. The van der Waals surface area contributed by atoms with E-state index in [1.807, 2.05) is 4.90 Å². The van der Waals surface area contributed by atoms with E-state index in [0.29, 0.717) is 45.0 Å². The molecule has 3 unspecified atom stereocenters. The Morgan fingerprint density at radius 1 is 1.21 bits per heavy atom. The van der Waals surface area contributed by atoms with Crippen molar-refractivity contribution in [3.05, 3.63) is 29.8 Å². The first-order chi connectivity index (χ1) is 11.3. The van der Waals surface area contributed by atoms with Crippen molar-refractivity contribution in [2.75, 3.05) is 44.2 Å². The van der Waals surface area contributed by atoms with Crippen LogP contribution in [0, 0.1) is 0 Å². The molecule has 3 rings (SSSR count). The highest BCUT2D eigenvalue weighted by atomic mass is 19.4. The molecule has 0 amide bonds. The molecule has 1 aromatic carbocycles. The molecular formula is C16H22F3N3O2. The van der Waals surface area contributed by atoms with E-state index in [-0.39, 0.29) is 12.1 Å². The van der Waals surface area contributed by atoms with Gasteiger partial charge in [-0.3, -0.25) is 4.90 Å². The molecule has 134 valence electrons. The molecule has 0 bridgehead atoms. The summed E-state index contributed by atoms with van der Waals surface area (Å²) in [7, 11) is 0. The van der Waals surface area contributed by atoms with Gasteiger partial charge in [-0.2, -0.15) is 13.2 Å². The summed E-state index contributed by atoms with van der Waals surface area (Å²) in [5.74, 6) is 0. The minimum absolute atomic E-state index is 0.292. The van der Waals surface area contributed by atoms with Gasteiger partial charge in [-0.15, -0.1) is 0 Å². The van der Waals surface area contributed by atoms with Crippen molar-refractivity contribution in [1.82, 2.24) is 4.90 Å². The Morgan fingerprint density at radius 2 is 1.92 bits per heavy atom. The Labute approximate surface area is 138 Å². The smallest absolute Gasteiger partial charge is 0.389 e. The van der Waals surface area contributed by atoms with E-state index < -0.39 is 17.8 Å². The summed E-state index contributed by atoms with van der Waals surface area (Å²) in [5, 5.41) is 9.93. The van der Waals surface area contributed by atoms with Crippen molar-refractivity contribution in [2.24, 2.45) is 5.73 Å². The van der Waals surface area contributed by atoms with Gasteiger partial charge in [-0.1, -0.05) is 6.07 Å². The second-order valence-corrected chi connectivity index (χ2v) is 6.36. The second kappa shape index (κ2) is 6.87. The Kier molecular flexibility index (Phi) is 5.00. The lowest BCUT2D eigenvalue weighted by Gasteiger charge is -2.37. The maximum Gasteiger partial charge on any atom is 0.416 e. The molecule has 0 saturated carbocycles. The number of alkyl halides is 3. The van der Waals surface area contributed by atoms with Crippen LogP contribution in [0.4, 0.5) is 18.9 Å². The number of anilines is 1. The number of nitrogens with two attached hydrogens (primary N) is 1. The van der Waals surface area contributed by atoms with Gasteiger partial charge < -0.3 is 20.5 Å². The van der Waals surface area contributed by atoms with Crippen LogP contribution in [-0.2, 0) is 10.9 Å². The molecular weight excluding hydrogens is 323 g/mol. The third-order valence-corrected chi connectivity index (χ3v) is 4.67. The van der Waals surface area contributed by atoms with Crippen molar-refractivity contribution < 1.29 is 23.0 Å². The van der Waals surface area contributed by atoms with Crippen LogP contribution in [0.5, 0.6) is 0 Å². The second-order valence-electron chi connectivity index (χ2n) is 6.36. The Balaban J connectivity index is 1.56. The number of piperazine rings is 1. The van der Waals surface area contributed by atoms with Crippen LogP contribution in [0.15, 0.2) is 24.3 Å². The number of hydrogen-bond acceptors (Lipinski definition) is 5. The molecule has 2 aliphatic rings. The van der Waals surface area contributed by atoms with Crippen LogP contribution in [0.1, 0.15) is 5.56 Å². The van der Waals surface area contributed by atoms with Crippen molar-refractivity contribution in [2.45, 2.75) is 24.4 Å². The number of nitrogens with zero attached hydrogens (tertiary/aromatic N) is 2. The minimum atomic E-state index is -4.33. The van der Waals surface area contributed by atoms with E-state index in [4.69, 9.17) is 10.5 Å². The van der Waals surface area contributed by atoms with E-state index >= 15 is 0 Å². The van der Waals surface area contributed by atoms with Gasteiger partial charge in [0.05, 0.1) is 30.4 Å². The van der Waals surface area contributed by atoms with E-state index in [0.717, 1.165) is 6.07 Å². The highest BCUT2D eigenvalue weighted by Gasteiger charge is 2.35. The van der Waals surface area contributed by atoms with Crippen LogP contribution < -0.4 is 10.6 Å². The molecule has 0 spiro atoms. The molecule has 24 heavy (non-hydrogen) atoms. The molecule has 0 radical (unpaired) electrons. The van der Waals surface area contributed by atoms with E-state index in [1.165, 1.54) is 12.1 Å². The fraction of sp³-hybridized carbons (Fsp3) is 0.625.